The van der Waals surface area contributed by atoms with Gasteiger partial charge in [0.25, 0.3) is 0 Å². The highest BCUT2D eigenvalue weighted by molar-refractivity contribution is 5.77. The Morgan fingerprint density at radius 2 is 2.15 bits per heavy atom. The Morgan fingerprint density at radius 3 is 2.70 bits per heavy atom. The van der Waals surface area contributed by atoms with Crippen molar-refractivity contribution in [1.82, 2.24) is 10.2 Å². The minimum absolute atomic E-state index is 0.00664. The number of hydrogen-bond donors (Lipinski definition) is 2. The van der Waals surface area contributed by atoms with Crippen LogP contribution in [-0.2, 0) is 9.53 Å². The number of carbonyl (C=O) groups excluding carboxylic acids is 2. The minimum atomic E-state index is -0.441. The SMILES string of the molecule is COC(=O)NC1CCN(C(=O)CC(CN)CC(C)C)C1. The van der Waals surface area contributed by atoms with Crippen molar-refractivity contribution in [2.24, 2.45) is 17.6 Å². The molecule has 0 spiro atoms. The van der Waals surface area contributed by atoms with E-state index >= 15 is 0 Å². The van der Waals surface area contributed by atoms with E-state index in [1.54, 1.807) is 0 Å². The summed E-state index contributed by atoms with van der Waals surface area (Å²) >= 11 is 0. The van der Waals surface area contributed by atoms with Gasteiger partial charge >= 0.3 is 6.09 Å². The number of ether oxygens (including phenoxy) is 1. The number of nitrogens with two attached hydrogens (primary N) is 1. The van der Waals surface area contributed by atoms with E-state index in [0.717, 1.165) is 12.8 Å². The molecule has 1 rings (SSSR count). The highest BCUT2D eigenvalue weighted by Crippen LogP contribution is 2.18. The number of likely N-dealkylation sites (tertiary alicyclic amines) is 1. The van der Waals surface area contributed by atoms with Crippen LogP contribution in [0.3, 0.4) is 0 Å². The van der Waals surface area contributed by atoms with Crippen molar-refractivity contribution in [2.45, 2.75) is 39.2 Å². The van der Waals surface area contributed by atoms with E-state index in [0.29, 0.717) is 32.0 Å². The summed E-state index contributed by atoms with van der Waals surface area (Å²) in [5.74, 6) is 0.925. The van der Waals surface area contributed by atoms with Crippen LogP contribution < -0.4 is 11.1 Å². The lowest BCUT2D eigenvalue weighted by molar-refractivity contribution is -0.131. The van der Waals surface area contributed by atoms with E-state index < -0.39 is 6.09 Å². The van der Waals surface area contributed by atoms with Crippen molar-refractivity contribution in [2.75, 3.05) is 26.7 Å². The second-order valence-corrected chi connectivity index (χ2v) is 5.90. The Labute approximate surface area is 121 Å². The van der Waals surface area contributed by atoms with Crippen molar-refractivity contribution in [3.8, 4) is 0 Å². The smallest absolute Gasteiger partial charge is 0.407 e. The zero-order chi connectivity index (χ0) is 15.1. The molecule has 0 aliphatic carbocycles. The molecule has 0 bridgehead atoms. The van der Waals surface area contributed by atoms with Gasteiger partial charge in [0.1, 0.15) is 0 Å². The summed E-state index contributed by atoms with van der Waals surface area (Å²) in [6, 6.07) is -0.00664. The predicted molar refractivity (Wildman–Crippen MR) is 77.1 cm³/mol. The summed E-state index contributed by atoms with van der Waals surface area (Å²) in [6.45, 7) is 6.07. The van der Waals surface area contributed by atoms with Crippen molar-refractivity contribution < 1.29 is 14.3 Å². The lowest BCUT2D eigenvalue weighted by atomic mass is 9.94. The zero-order valence-electron chi connectivity index (χ0n) is 12.7. The molecule has 0 saturated carbocycles. The molecule has 6 heteroatoms. The maximum Gasteiger partial charge on any atom is 0.407 e. The highest BCUT2D eigenvalue weighted by atomic mass is 16.5. The first-order valence-corrected chi connectivity index (χ1v) is 7.28. The fraction of sp³-hybridized carbons (Fsp3) is 0.857. The van der Waals surface area contributed by atoms with E-state index in [-0.39, 0.29) is 17.9 Å². The molecule has 0 aromatic carbocycles. The number of methoxy groups -OCH3 is 1. The molecular weight excluding hydrogens is 258 g/mol. The number of nitrogens with zero attached hydrogens (tertiary/aromatic N) is 1. The van der Waals surface area contributed by atoms with Crippen LogP contribution in [-0.4, -0.2) is 49.7 Å². The first kappa shape index (κ1) is 16.8. The molecule has 2 unspecified atom stereocenters. The maximum absolute atomic E-state index is 12.2. The van der Waals surface area contributed by atoms with E-state index in [2.05, 4.69) is 23.9 Å². The average molecular weight is 285 g/mol. The Bertz CT molecular complexity index is 334. The van der Waals surface area contributed by atoms with Gasteiger partial charge in [0, 0.05) is 19.5 Å². The van der Waals surface area contributed by atoms with Crippen LogP contribution in [0.2, 0.25) is 0 Å². The van der Waals surface area contributed by atoms with Crippen LogP contribution in [0.5, 0.6) is 0 Å². The summed E-state index contributed by atoms with van der Waals surface area (Å²) in [5, 5.41) is 2.73. The third-order valence-electron chi connectivity index (χ3n) is 3.65. The molecule has 116 valence electrons. The molecule has 2 amide bonds. The van der Waals surface area contributed by atoms with Crippen molar-refractivity contribution in [1.29, 1.82) is 0 Å². The van der Waals surface area contributed by atoms with Crippen LogP contribution in [0.1, 0.15) is 33.1 Å². The molecule has 0 aromatic rings. The minimum Gasteiger partial charge on any atom is -0.453 e. The van der Waals surface area contributed by atoms with Crippen LogP contribution in [0.25, 0.3) is 0 Å². The number of rotatable bonds is 6. The molecule has 1 heterocycles. The largest absolute Gasteiger partial charge is 0.453 e. The summed E-state index contributed by atoms with van der Waals surface area (Å²) in [7, 11) is 1.34. The lowest BCUT2D eigenvalue weighted by Crippen LogP contribution is -2.39. The van der Waals surface area contributed by atoms with Gasteiger partial charge in [-0.2, -0.15) is 0 Å². The molecule has 0 aromatic heterocycles. The van der Waals surface area contributed by atoms with Gasteiger partial charge in [-0.1, -0.05) is 13.8 Å². The molecule has 1 aliphatic rings. The number of nitrogens with one attached hydrogen (secondary N) is 1. The van der Waals surface area contributed by atoms with E-state index in [1.165, 1.54) is 7.11 Å². The Hall–Kier alpha value is -1.30. The highest BCUT2D eigenvalue weighted by Gasteiger charge is 2.28. The summed E-state index contributed by atoms with van der Waals surface area (Å²) in [5.41, 5.74) is 5.73. The zero-order valence-corrected chi connectivity index (χ0v) is 12.7. The van der Waals surface area contributed by atoms with Gasteiger partial charge in [-0.15, -0.1) is 0 Å². The first-order chi connectivity index (χ1) is 9.46. The molecule has 20 heavy (non-hydrogen) atoms. The lowest BCUT2D eigenvalue weighted by Gasteiger charge is -2.21. The average Bonchev–Trinajstić information content (AvgIpc) is 2.85. The van der Waals surface area contributed by atoms with Crippen molar-refractivity contribution in [3.63, 3.8) is 0 Å². The molecule has 1 saturated heterocycles. The monoisotopic (exact) mass is 285 g/mol. The molecule has 3 N–H and O–H groups in total. The van der Waals surface area contributed by atoms with Crippen molar-refractivity contribution >= 4 is 12.0 Å². The topological polar surface area (TPSA) is 84.7 Å². The van der Waals surface area contributed by atoms with Crippen molar-refractivity contribution in [3.05, 3.63) is 0 Å². The number of alkyl carbamates (subject to hydrolysis) is 1. The fourth-order valence-corrected chi connectivity index (χ4v) is 2.64. The number of hydrogen-bond acceptors (Lipinski definition) is 4. The summed E-state index contributed by atoms with van der Waals surface area (Å²) in [6.07, 6.45) is 1.81. The van der Waals surface area contributed by atoms with E-state index in [1.807, 2.05) is 4.90 Å². The van der Waals surface area contributed by atoms with Gasteiger partial charge in [0.2, 0.25) is 5.91 Å². The van der Waals surface area contributed by atoms with Gasteiger partial charge in [-0.3, -0.25) is 4.79 Å². The molecular formula is C14H27N3O3. The third-order valence-corrected chi connectivity index (χ3v) is 3.65. The fourth-order valence-electron chi connectivity index (χ4n) is 2.64. The first-order valence-electron chi connectivity index (χ1n) is 7.28. The second kappa shape index (κ2) is 8.09. The quantitative estimate of drug-likeness (QED) is 0.761. The Balaban J connectivity index is 2.39. The van der Waals surface area contributed by atoms with Gasteiger partial charge in [0.15, 0.2) is 0 Å². The van der Waals surface area contributed by atoms with Gasteiger partial charge < -0.3 is 20.7 Å². The Morgan fingerprint density at radius 1 is 1.45 bits per heavy atom. The van der Waals surface area contributed by atoms with E-state index in [4.69, 9.17) is 5.73 Å². The van der Waals surface area contributed by atoms with Crippen LogP contribution in [0.4, 0.5) is 4.79 Å². The standard InChI is InChI=1S/C14H27N3O3/c1-10(2)6-11(8-15)7-13(18)17-5-4-12(9-17)16-14(19)20-3/h10-12H,4-9,15H2,1-3H3,(H,16,19). The second-order valence-electron chi connectivity index (χ2n) is 5.90. The molecule has 2 atom stereocenters. The summed E-state index contributed by atoms with van der Waals surface area (Å²) in [4.78, 5) is 25.2. The van der Waals surface area contributed by atoms with Crippen LogP contribution >= 0.6 is 0 Å². The molecule has 1 fully saturated rings. The van der Waals surface area contributed by atoms with Crippen LogP contribution in [0, 0.1) is 11.8 Å². The maximum atomic E-state index is 12.2. The number of carbonyl (C=O) groups is 2. The third kappa shape index (κ3) is 5.36. The van der Waals surface area contributed by atoms with Gasteiger partial charge in [-0.25, -0.2) is 4.79 Å². The normalized spacial score (nSPS) is 20.1. The predicted octanol–water partition coefficient (Wildman–Crippen LogP) is 0.954. The van der Waals surface area contributed by atoms with E-state index in [9.17, 15) is 9.59 Å². The molecule has 6 nitrogen and oxygen atoms in total. The molecule has 1 aliphatic heterocycles. The van der Waals surface area contributed by atoms with Crippen LogP contribution in [0.15, 0.2) is 0 Å². The summed E-state index contributed by atoms with van der Waals surface area (Å²) < 4.78 is 4.56. The Kier molecular flexibility index (Phi) is 6.78. The van der Waals surface area contributed by atoms with Gasteiger partial charge in [0.05, 0.1) is 13.2 Å². The molecule has 0 radical (unpaired) electrons. The van der Waals surface area contributed by atoms with Gasteiger partial charge in [-0.05, 0) is 31.2 Å². The number of amides is 2.